The van der Waals surface area contributed by atoms with Crippen LogP contribution in [0.5, 0.6) is 0 Å². The van der Waals surface area contributed by atoms with Gasteiger partial charge >= 0.3 is 0 Å². The molecule has 1 fully saturated rings. The van der Waals surface area contributed by atoms with Gasteiger partial charge in [-0.2, -0.15) is 0 Å². The summed E-state index contributed by atoms with van der Waals surface area (Å²) in [5.74, 6) is 0. The third-order valence-electron chi connectivity index (χ3n) is 10.4. The summed E-state index contributed by atoms with van der Waals surface area (Å²) in [5, 5.41) is 35.1. The lowest BCUT2D eigenvalue weighted by Gasteiger charge is -2.43. The molecule has 8 aromatic rings. The van der Waals surface area contributed by atoms with Gasteiger partial charge in [-0.15, -0.1) is 0 Å². The average Bonchev–Trinajstić information content (AvgIpc) is 3.68. The molecule has 2 N–H and O–H groups in total. The Morgan fingerprint density at radius 1 is 0.347 bits per heavy atom. The molecule has 9 rings (SSSR count). The van der Waals surface area contributed by atoms with Gasteiger partial charge in [0.2, 0.25) is 0 Å². The minimum atomic E-state index is -1.71. The van der Waals surface area contributed by atoms with Crippen LogP contribution in [0.15, 0.2) is 170 Å². The van der Waals surface area contributed by atoms with Crippen molar-refractivity contribution in [3.63, 3.8) is 0 Å². The van der Waals surface area contributed by atoms with Crippen molar-refractivity contribution in [2.45, 2.75) is 23.4 Å². The highest BCUT2D eigenvalue weighted by molar-refractivity contribution is 5.87. The molecule has 1 aliphatic heterocycles. The zero-order valence-corrected chi connectivity index (χ0v) is 26.7. The van der Waals surface area contributed by atoms with Crippen molar-refractivity contribution in [2.24, 2.45) is 0 Å². The summed E-state index contributed by atoms with van der Waals surface area (Å²) in [4.78, 5) is 0. The molecule has 49 heavy (non-hydrogen) atoms. The maximum Gasteiger partial charge on any atom is 0.148 e. The normalized spacial score (nSPS) is 16.9. The van der Waals surface area contributed by atoms with Crippen LogP contribution in [-0.4, -0.2) is 29.2 Å². The Morgan fingerprint density at radius 2 is 0.592 bits per heavy atom. The van der Waals surface area contributed by atoms with Crippen LogP contribution in [0, 0.1) is 0 Å². The van der Waals surface area contributed by atoms with Gasteiger partial charge in [-0.3, -0.25) is 0 Å². The smallest absolute Gasteiger partial charge is 0.148 e. The SMILES string of the molecule is OC(c1ccc2ccccc2c1)(c1ccc2ccccc2c1)[C@H]1OCO[C@@H]1C(O)(c1ccc2ccccc2c1)c1ccc2ccccc2c1. The monoisotopic (exact) mass is 638 g/mol. The molecular formula is C45H34O4. The first-order chi connectivity index (χ1) is 24.0. The zero-order valence-electron chi connectivity index (χ0n) is 26.7. The van der Waals surface area contributed by atoms with Crippen molar-refractivity contribution in [2.75, 3.05) is 6.79 Å². The number of benzene rings is 8. The lowest BCUT2D eigenvalue weighted by molar-refractivity contribution is -0.110. The first-order valence-electron chi connectivity index (χ1n) is 16.7. The Balaban J connectivity index is 1.29. The van der Waals surface area contributed by atoms with Crippen molar-refractivity contribution in [3.05, 3.63) is 192 Å². The van der Waals surface area contributed by atoms with Gasteiger partial charge in [-0.05, 0) is 89.6 Å². The van der Waals surface area contributed by atoms with Crippen LogP contribution in [0.25, 0.3) is 43.1 Å². The third-order valence-corrected chi connectivity index (χ3v) is 10.4. The maximum absolute atomic E-state index is 13.4. The molecule has 1 saturated heterocycles. The van der Waals surface area contributed by atoms with E-state index < -0.39 is 23.4 Å². The second kappa shape index (κ2) is 11.7. The Labute approximate surface area is 284 Å². The fraction of sp³-hybridized carbons (Fsp3) is 0.111. The van der Waals surface area contributed by atoms with Gasteiger partial charge in [0, 0.05) is 0 Å². The van der Waals surface area contributed by atoms with Crippen LogP contribution in [0.1, 0.15) is 22.3 Å². The second-order valence-electron chi connectivity index (χ2n) is 13.1. The van der Waals surface area contributed by atoms with E-state index in [-0.39, 0.29) is 6.79 Å². The van der Waals surface area contributed by atoms with Gasteiger partial charge in [0.25, 0.3) is 0 Å². The van der Waals surface area contributed by atoms with Crippen molar-refractivity contribution in [3.8, 4) is 0 Å². The summed E-state index contributed by atoms with van der Waals surface area (Å²) >= 11 is 0. The fourth-order valence-corrected chi connectivity index (χ4v) is 7.74. The summed E-state index contributed by atoms with van der Waals surface area (Å²) in [5.41, 5.74) is -0.807. The van der Waals surface area contributed by atoms with Gasteiger partial charge in [0.05, 0.1) is 0 Å². The number of rotatable bonds is 6. The zero-order chi connectivity index (χ0) is 33.0. The van der Waals surface area contributed by atoms with Crippen LogP contribution in [0.3, 0.4) is 0 Å². The largest absolute Gasteiger partial charge is 0.378 e. The average molecular weight is 639 g/mol. The molecule has 4 nitrogen and oxygen atoms in total. The van der Waals surface area contributed by atoms with Crippen LogP contribution < -0.4 is 0 Å². The van der Waals surface area contributed by atoms with Gasteiger partial charge in [0.1, 0.15) is 30.2 Å². The highest BCUT2D eigenvalue weighted by Crippen LogP contribution is 2.48. The van der Waals surface area contributed by atoms with Crippen molar-refractivity contribution in [1.82, 2.24) is 0 Å². The lowest BCUT2D eigenvalue weighted by atomic mass is 9.71. The van der Waals surface area contributed by atoms with E-state index in [2.05, 4.69) is 24.3 Å². The van der Waals surface area contributed by atoms with E-state index in [4.69, 9.17) is 9.47 Å². The summed E-state index contributed by atoms with van der Waals surface area (Å²) < 4.78 is 13.0. The molecule has 0 amide bonds. The molecule has 0 spiro atoms. The fourth-order valence-electron chi connectivity index (χ4n) is 7.74. The van der Waals surface area contributed by atoms with Crippen molar-refractivity contribution < 1.29 is 19.7 Å². The second-order valence-corrected chi connectivity index (χ2v) is 13.1. The molecular weight excluding hydrogens is 604 g/mol. The van der Waals surface area contributed by atoms with Crippen LogP contribution in [0.4, 0.5) is 0 Å². The van der Waals surface area contributed by atoms with Crippen LogP contribution >= 0.6 is 0 Å². The maximum atomic E-state index is 13.4. The Morgan fingerprint density at radius 3 is 0.857 bits per heavy atom. The summed E-state index contributed by atoms with van der Waals surface area (Å²) in [7, 11) is 0. The van der Waals surface area contributed by atoms with Gasteiger partial charge in [-0.1, -0.05) is 146 Å². The van der Waals surface area contributed by atoms with Gasteiger partial charge in [0.15, 0.2) is 0 Å². The van der Waals surface area contributed by atoms with E-state index in [1.165, 1.54) is 0 Å². The molecule has 0 aromatic heterocycles. The molecule has 0 bridgehead atoms. The van der Waals surface area contributed by atoms with E-state index in [0.29, 0.717) is 22.3 Å². The number of hydrogen-bond donors (Lipinski definition) is 2. The Hall–Kier alpha value is -5.36. The number of aliphatic hydroxyl groups is 2. The Bertz CT molecular complexity index is 2170. The van der Waals surface area contributed by atoms with Crippen molar-refractivity contribution in [1.29, 1.82) is 0 Å². The van der Waals surface area contributed by atoms with E-state index in [1.807, 2.05) is 146 Å². The number of hydrogen-bond acceptors (Lipinski definition) is 4. The standard InChI is InChI=1S/C45H34O4/c46-44(38-21-17-30-9-1-5-13-34(30)25-38,39-22-18-31-10-2-6-14-35(31)26-39)42-43(49-29-48-42)45(47,40-23-19-32-11-3-7-15-36(32)27-40)41-24-20-33-12-4-8-16-37(33)28-41/h1-28,42-43,46-47H,29H2/t42-,43-/m0/s1. The van der Waals surface area contributed by atoms with Crippen LogP contribution in [-0.2, 0) is 20.7 Å². The predicted octanol–water partition coefficient (Wildman–Crippen LogP) is 9.21. The highest BCUT2D eigenvalue weighted by Gasteiger charge is 2.57. The minimum absolute atomic E-state index is 0.0950. The van der Waals surface area contributed by atoms with E-state index in [1.54, 1.807) is 0 Å². The van der Waals surface area contributed by atoms with E-state index >= 15 is 0 Å². The van der Waals surface area contributed by atoms with Gasteiger partial charge in [-0.25, -0.2) is 0 Å². The van der Waals surface area contributed by atoms with Gasteiger partial charge < -0.3 is 19.7 Å². The minimum Gasteiger partial charge on any atom is -0.378 e. The molecule has 8 aromatic carbocycles. The Kier molecular flexibility index (Phi) is 7.08. The first-order valence-corrected chi connectivity index (χ1v) is 16.7. The number of fused-ring (bicyclic) bond motifs is 4. The molecule has 0 radical (unpaired) electrons. The molecule has 0 aliphatic carbocycles. The highest BCUT2D eigenvalue weighted by atomic mass is 16.7. The number of ether oxygens (including phenoxy) is 2. The molecule has 0 unspecified atom stereocenters. The predicted molar refractivity (Wildman–Crippen MR) is 196 cm³/mol. The van der Waals surface area contributed by atoms with Crippen molar-refractivity contribution >= 4 is 43.1 Å². The summed E-state index contributed by atoms with van der Waals surface area (Å²) in [6.07, 6.45) is -2.00. The molecule has 1 aliphatic rings. The van der Waals surface area contributed by atoms with E-state index in [0.717, 1.165) is 43.1 Å². The molecule has 4 heteroatoms. The quantitative estimate of drug-likeness (QED) is 0.191. The molecule has 1 heterocycles. The third kappa shape index (κ3) is 4.84. The molecule has 238 valence electrons. The summed E-state index contributed by atoms with van der Waals surface area (Å²) in [6, 6.07) is 56.5. The van der Waals surface area contributed by atoms with Crippen LogP contribution in [0.2, 0.25) is 0 Å². The first kappa shape index (κ1) is 29.8. The summed E-state index contributed by atoms with van der Waals surface area (Å²) in [6.45, 7) is -0.0950. The molecule has 2 atom stereocenters. The molecule has 0 saturated carbocycles. The topological polar surface area (TPSA) is 58.9 Å². The lowest BCUT2D eigenvalue weighted by Crippen LogP contribution is -2.55. The van der Waals surface area contributed by atoms with E-state index in [9.17, 15) is 10.2 Å².